The van der Waals surface area contributed by atoms with Gasteiger partial charge in [0.05, 0.1) is 11.9 Å². The molecule has 0 aliphatic carbocycles. The summed E-state index contributed by atoms with van der Waals surface area (Å²) in [6.45, 7) is 1.40. The van der Waals surface area contributed by atoms with E-state index in [1.165, 1.54) is 10.9 Å². The van der Waals surface area contributed by atoms with Gasteiger partial charge in [-0.3, -0.25) is 9.59 Å². The maximum absolute atomic E-state index is 12.2. The number of benzene rings is 1. The fourth-order valence-corrected chi connectivity index (χ4v) is 2.10. The number of aromatic nitrogens is 5. The van der Waals surface area contributed by atoms with Crippen LogP contribution in [0.25, 0.3) is 5.82 Å². The van der Waals surface area contributed by atoms with Gasteiger partial charge in [-0.25, -0.2) is 10.1 Å². The van der Waals surface area contributed by atoms with Crippen LogP contribution in [0.5, 0.6) is 5.75 Å². The third-order valence-corrected chi connectivity index (χ3v) is 3.45. The first-order chi connectivity index (χ1) is 13.5. The van der Waals surface area contributed by atoms with Gasteiger partial charge in [-0.05, 0) is 47.1 Å². The topological polar surface area (TPSA) is 189 Å². The number of carbonyl (C=O) groups excluding carboxylic acids is 2. The number of nitrogen functional groups attached to an aromatic ring is 1. The van der Waals surface area contributed by atoms with Gasteiger partial charge < -0.3 is 16.2 Å². The average Bonchev–Trinajstić information content (AvgIpc) is 3.26. The molecular formula is C15H15N9O4. The first-order valence-corrected chi connectivity index (χ1v) is 7.81. The molecule has 0 atom stereocenters. The highest BCUT2D eigenvalue weighted by Gasteiger charge is 2.20. The Morgan fingerprint density at radius 1 is 1.32 bits per heavy atom. The summed E-state index contributed by atoms with van der Waals surface area (Å²) in [6, 6.07) is 6.65. The highest BCUT2D eigenvalue weighted by atomic mass is 16.6. The van der Waals surface area contributed by atoms with E-state index in [-0.39, 0.29) is 23.9 Å². The number of anilines is 1. The maximum Gasteiger partial charge on any atom is 0.293 e. The molecule has 2 amide bonds. The molecule has 0 unspecified atom stereocenters. The molecule has 0 fully saturated rings. The molecule has 144 valence electrons. The summed E-state index contributed by atoms with van der Waals surface area (Å²) in [5.41, 5.74) is 14.1. The lowest BCUT2D eigenvalue weighted by Crippen LogP contribution is -2.20. The highest BCUT2D eigenvalue weighted by molar-refractivity contribution is 5.94. The van der Waals surface area contributed by atoms with Gasteiger partial charge in [-0.1, -0.05) is 5.21 Å². The smallest absolute Gasteiger partial charge is 0.293 e. The van der Waals surface area contributed by atoms with Gasteiger partial charge in [0.1, 0.15) is 5.75 Å². The van der Waals surface area contributed by atoms with Crippen molar-refractivity contribution in [1.29, 1.82) is 0 Å². The van der Waals surface area contributed by atoms with Crippen molar-refractivity contribution < 1.29 is 19.0 Å². The van der Waals surface area contributed by atoms with Crippen LogP contribution >= 0.6 is 0 Å². The minimum atomic E-state index is -0.573. The molecule has 5 N–H and O–H groups in total. The van der Waals surface area contributed by atoms with E-state index >= 15 is 0 Å². The summed E-state index contributed by atoms with van der Waals surface area (Å²) in [5.74, 6) is -0.513. The standard InChI is InChI=1S/C15H15N9O4/c1-8-12(19-23-24(8)14-13(17)21-28-22-14)15(26)20-18-6-9-2-4-10(5-3-9)27-7-11(16)25/h2-6H,7H2,1H3,(H2,16,25)(H2,17,21)(H,20,26). The number of primary amides is 1. The van der Waals surface area contributed by atoms with Crippen molar-refractivity contribution in [3.8, 4) is 11.6 Å². The van der Waals surface area contributed by atoms with Crippen LogP contribution in [0, 0.1) is 6.92 Å². The van der Waals surface area contributed by atoms with Gasteiger partial charge >= 0.3 is 0 Å². The Morgan fingerprint density at radius 2 is 2.07 bits per heavy atom. The number of rotatable bonds is 7. The average molecular weight is 385 g/mol. The van der Waals surface area contributed by atoms with Crippen molar-refractivity contribution in [1.82, 2.24) is 30.7 Å². The first kappa shape index (κ1) is 18.5. The molecule has 0 bridgehead atoms. The van der Waals surface area contributed by atoms with E-state index in [1.807, 2.05) is 0 Å². The second-order valence-corrected chi connectivity index (χ2v) is 5.43. The van der Waals surface area contributed by atoms with Crippen molar-refractivity contribution in [2.75, 3.05) is 12.3 Å². The van der Waals surface area contributed by atoms with Crippen molar-refractivity contribution >= 4 is 23.8 Å². The molecule has 0 saturated heterocycles. The molecule has 2 heterocycles. The molecule has 0 spiro atoms. The molecule has 13 heteroatoms. The Balaban J connectivity index is 1.62. The second kappa shape index (κ2) is 7.94. The predicted molar refractivity (Wildman–Crippen MR) is 94.6 cm³/mol. The molecule has 28 heavy (non-hydrogen) atoms. The number of nitrogens with two attached hydrogens (primary N) is 2. The number of nitrogens with zero attached hydrogens (tertiary/aromatic N) is 6. The number of hydrogen-bond acceptors (Lipinski definition) is 10. The third-order valence-electron chi connectivity index (χ3n) is 3.45. The number of nitrogens with one attached hydrogen (secondary N) is 1. The van der Waals surface area contributed by atoms with Crippen molar-refractivity contribution in [2.24, 2.45) is 10.8 Å². The van der Waals surface area contributed by atoms with Crippen LogP contribution in [-0.2, 0) is 4.79 Å². The van der Waals surface area contributed by atoms with Crippen molar-refractivity contribution in [3.05, 3.63) is 41.2 Å². The highest BCUT2D eigenvalue weighted by Crippen LogP contribution is 2.14. The largest absolute Gasteiger partial charge is 0.484 e. The van der Waals surface area contributed by atoms with Gasteiger partial charge in [0.2, 0.25) is 11.6 Å². The van der Waals surface area contributed by atoms with Crippen LogP contribution in [0.4, 0.5) is 5.82 Å². The molecular weight excluding hydrogens is 370 g/mol. The molecule has 3 rings (SSSR count). The summed E-state index contributed by atoms with van der Waals surface area (Å²) in [4.78, 5) is 22.9. The zero-order valence-electron chi connectivity index (χ0n) is 14.6. The van der Waals surface area contributed by atoms with Gasteiger partial charge in [0, 0.05) is 0 Å². The number of ether oxygens (including phenoxy) is 1. The lowest BCUT2D eigenvalue weighted by atomic mass is 10.2. The van der Waals surface area contributed by atoms with Crippen LogP contribution in [0.15, 0.2) is 34.0 Å². The summed E-state index contributed by atoms with van der Waals surface area (Å²) in [5, 5.41) is 18.5. The molecule has 3 aromatic rings. The quantitative estimate of drug-likeness (QED) is 0.344. The Kier molecular flexibility index (Phi) is 5.25. The zero-order valence-corrected chi connectivity index (χ0v) is 14.6. The lowest BCUT2D eigenvalue weighted by molar-refractivity contribution is -0.119. The van der Waals surface area contributed by atoms with Crippen LogP contribution in [0.1, 0.15) is 21.7 Å². The predicted octanol–water partition coefficient (Wildman–Crippen LogP) is -0.831. The van der Waals surface area contributed by atoms with Crippen LogP contribution in [0.2, 0.25) is 0 Å². The first-order valence-electron chi connectivity index (χ1n) is 7.81. The van der Waals surface area contributed by atoms with E-state index < -0.39 is 11.8 Å². The Hall–Kier alpha value is -4.29. The van der Waals surface area contributed by atoms with E-state index in [4.69, 9.17) is 16.2 Å². The van der Waals surface area contributed by atoms with E-state index in [0.29, 0.717) is 17.0 Å². The summed E-state index contributed by atoms with van der Waals surface area (Å²) < 4.78 is 10.9. The fraction of sp³-hybridized carbons (Fsp3) is 0.133. The molecule has 0 aliphatic heterocycles. The number of amides is 2. The molecule has 1 aromatic carbocycles. The number of hydrazone groups is 1. The van der Waals surface area contributed by atoms with Gasteiger partial charge in [0.15, 0.2) is 12.3 Å². The Labute approximate surface area is 157 Å². The van der Waals surface area contributed by atoms with Crippen molar-refractivity contribution in [3.63, 3.8) is 0 Å². The van der Waals surface area contributed by atoms with Crippen LogP contribution in [-0.4, -0.2) is 49.9 Å². The minimum Gasteiger partial charge on any atom is -0.484 e. The number of carbonyl (C=O) groups is 2. The normalized spacial score (nSPS) is 10.9. The lowest BCUT2D eigenvalue weighted by Gasteiger charge is -2.03. The monoisotopic (exact) mass is 385 g/mol. The van der Waals surface area contributed by atoms with Crippen LogP contribution < -0.4 is 21.6 Å². The summed E-state index contributed by atoms with van der Waals surface area (Å²) >= 11 is 0. The van der Waals surface area contributed by atoms with Gasteiger partial charge in [-0.15, -0.1) is 5.10 Å². The summed E-state index contributed by atoms with van der Waals surface area (Å²) in [6.07, 6.45) is 1.43. The third kappa shape index (κ3) is 4.09. The van der Waals surface area contributed by atoms with Gasteiger partial charge in [-0.2, -0.15) is 9.78 Å². The Bertz CT molecular complexity index is 1020. The molecule has 13 nitrogen and oxygen atoms in total. The fourth-order valence-electron chi connectivity index (χ4n) is 2.10. The Morgan fingerprint density at radius 3 is 2.71 bits per heavy atom. The van der Waals surface area contributed by atoms with Crippen LogP contribution in [0.3, 0.4) is 0 Å². The number of hydrogen-bond donors (Lipinski definition) is 3. The molecule has 0 radical (unpaired) electrons. The minimum absolute atomic E-state index is 0.0150. The maximum atomic E-state index is 12.2. The second-order valence-electron chi connectivity index (χ2n) is 5.43. The zero-order chi connectivity index (χ0) is 20.1. The van der Waals surface area contributed by atoms with Gasteiger partial charge in [0.25, 0.3) is 11.8 Å². The summed E-state index contributed by atoms with van der Waals surface area (Å²) in [7, 11) is 0. The van der Waals surface area contributed by atoms with Crippen molar-refractivity contribution in [2.45, 2.75) is 6.92 Å². The molecule has 0 aliphatic rings. The molecule has 0 saturated carbocycles. The van der Waals surface area contributed by atoms with E-state index in [9.17, 15) is 9.59 Å². The van der Waals surface area contributed by atoms with E-state index in [1.54, 1.807) is 31.2 Å². The SMILES string of the molecule is Cc1c(C(=O)NN=Cc2ccc(OCC(N)=O)cc2)nnn1-c1nonc1N. The van der Waals surface area contributed by atoms with E-state index in [2.05, 4.69) is 35.8 Å². The molecule has 2 aromatic heterocycles. The van der Waals surface area contributed by atoms with E-state index in [0.717, 1.165) is 0 Å².